The molecule has 5 nitrogen and oxygen atoms in total. The quantitative estimate of drug-likeness (QED) is 0.426. The maximum absolute atomic E-state index is 13.2. The summed E-state index contributed by atoms with van der Waals surface area (Å²) in [5, 5.41) is 2.82. The molecule has 5 heteroatoms. The molecule has 0 aliphatic rings. The van der Waals surface area contributed by atoms with Crippen molar-refractivity contribution in [2.45, 2.75) is 39.3 Å². The Morgan fingerprint density at radius 3 is 2.31 bits per heavy atom. The second-order valence-corrected chi connectivity index (χ2v) is 7.75. The van der Waals surface area contributed by atoms with E-state index in [1.807, 2.05) is 96.8 Å². The lowest BCUT2D eigenvalue weighted by Crippen LogP contribution is -2.33. The van der Waals surface area contributed by atoms with E-state index in [1.165, 1.54) is 6.92 Å². The fourth-order valence-corrected chi connectivity index (χ4v) is 3.55. The van der Waals surface area contributed by atoms with Crippen molar-refractivity contribution < 1.29 is 14.3 Å². The summed E-state index contributed by atoms with van der Waals surface area (Å²) in [6.45, 7) is 4.51. The van der Waals surface area contributed by atoms with Crippen molar-refractivity contribution in [3.63, 3.8) is 0 Å². The minimum absolute atomic E-state index is 0.0722. The summed E-state index contributed by atoms with van der Waals surface area (Å²) in [6.07, 6.45) is 1.03. The second-order valence-electron chi connectivity index (χ2n) is 7.75. The third-order valence-electron chi connectivity index (χ3n) is 5.22. The molecule has 0 saturated heterocycles. The van der Waals surface area contributed by atoms with E-state index in [0.29, 0.717) is 26.0 Å². The number of hydrogen-bond acceptors (Lipinski definition) is 3. The van der Waals surface area contributed by atoms with Crippen LogP contribution in [-0.4, -0.2) is 23.3 Å². The number of rotatable bonds is 10. The van der Waals surface area contributed by atoms with Gasteiger partial charge in [0.1, 0.15) is 5.75 Å². The van der Waals surface area contributed by atoms with Crippen molar-refractivity contribution in [2.24, 2.45) is 0 Å². The highest BCUT2D eigenvalue weighted by Crippen LogP contribution is 2.26. The van der Waals surface area contributed by atoms with Crippen LogP contribution in [0.25, 0.3) is 0 Å². The Labute approximate surface area is 190 Å². The van der Waals surface area contributed by atoms with Crippen LogP contribution in [0.1, 0.15) is 43.9 Å². The molecule has 0 heterocycles. The molecule has 2 amide bonds. The van der Waals surface area contributed by atoms with Crippen LogP contribution in [-0.2, 0) is 16.1 Å². The van der Waals surface area contributed by atoms with Gasteiger partial charge in [0.15, 0.2) is 0 Å². The van der Waals surface area contributed by atoms with Crippen molar-refractivity contribution in [3.8, 4) is 5.75 Å². The van der Waals surface area contributed by atoms with Crippen molar-refractivity contribution in [1.82, 2.24) is 4.90 Å². The summed E-state index contributed by atoms with van der Waals surface area (Å²) >= 11 is 0. The van der Waals surface area contributed by atoms with Crippen LogP contribution in [0.3, 0.4) is 0 Å². The van der Waals surface area contributed by atoms with Crippen LogP contribution >= 0.6 is 0 Å². The van der Waals surface area contributed by atoms with E-state index in [2.05, 4.69) is 5.32 Å². The lowest BCUT2D eigenvalue weighted by Gasteiger charge is -2.30. The summed E-state index contributed by atoms with van der Waals surface area (Å²) in [5.74, 6) is 0.762. The van der Waals surface area contributed by atoms with E-state index in [4.69, 9.17) is 4.74 Å². The normalized spacial score (nSPS) is 11.4. The van der Waals surface area contributed by atoms with Crippen LogP contribution in [0.4, 0.5) is 5.69 Å². The topological polar surface area (TPSA) is 58.6 Å². The lowest BCUT2D eigenvalue weighted by atomic mass is 10.0. The molecule has 0 aliphatic carbocycles. The zero-order chi connectivity index (χ0) is 22.8. The first-order valence-electron chi connectivity index (χ1n) is 10.9. The highest BCUT2D eigenvalue weighted by atomic mass is 16.5. The zero-order valence-electron chi connectivity index (χ0n) is 18.7. The maximum atomic E-state index is 13.2. The van der Waals surface area contributed by atoms with Crippen LogP contribution in [0, 0.1) is 0 Å². The van der Waals surface area contributed by atoms with Gasteiger partial charge in [-0.15, -0.1) is 0 Å². The summed E-state index contributed by atoms with van der Waals surface area (Å²) < 4.78 is 5.74. The number of nitrogens with one attached hydrogen (secondary N) is 1. The molecule has 0 saturated carbocycles. The van der Waals surface area contributed by atoms with E-state index in [0.717, 1.165) is 22.6 Å². The molecular weight excluding hydrogens is 400 g/mol. The van der Waals surface area contributed by atoms with Crippen molar-refractivity contribution >= 4 is 17.5 Å². The van der Waals surface area contributed by atoms with Crippen LogP contribution in [0.5, 0.6) is 5.75 Å². The SMILES string of the molecule is CC(=O)Nc1cccc(C(C)N(Cc2ccccc2)C(=O)CCCOc2ccccc2)c1. The van der Waals surface area contributed by atoms with Gasteiger partial charge in [-0.05, 0) is 48.7 Å². The Bertz CT molecular complexity index is 1010. The van der Waals surface area contributed by atoms with Crippen molar-refractivity contribution in [1.29, 1.82) is 0 Å². The number of nitrogens with zero attached hydrogens (tertiary/aromatic N) is 1. The van der Waals surface area contributed by atoms with E-state index >= 15 is 0 Å². The molecule has 0 fully saturated rings. The summed E-state index contributed by atoms with van der Waals surface area (Å²) in [6, 6.07) is 27.1. The molecule has 0 aliphatic heterocycles. The average molecular weight is 431 g/mol. The monoisotopic (exact) mass is 430 g/mol. The number of ether oxygens (including phenoxy) is 1. The van der Waals surface area contributed by atoms with Gasteiger partial charge in [-0.3, -0.25) is 9.59 Å². The van der Waals surface area contributed by atoms with Gasteiger partial charge in [-0.2, -0.15) is 0 Å². The number of hydrogen-bond donors (Lipinski definition) is 1. The Hall–Kier alpha value is -3.60. The largest absolute Gasteiger partial charge is 0.494 e. The number of anilines is 1. The number of amides is 2. The van der Waals surface area contributed by atoms with Crippen LogP contribution < -0.4 is 10.1 Å². The van der Waals surface area contributed by atoms with Gasteiger partial charge in [0.25, 0.3) is 0 Å². The van der Waals surface area contributed by atoms with Gasteiger partial charge in [0.2, 0.25) is 11.8 Å². The van der Waals surface area contributed by atoms with E-state index in [1.54, 1.807) is 0 Å². The van der Waals surface area contributed by atoms with Gasteiger partial charge < -0.3 is 15.0 Å². The molecule has 1 unspecified atom stereocenters. The van der Waals surface area contributed by atoms with Gasteiger partial charge in [0, 0.05) is 25.6 Å². The van der Waals surface area contributed by atoms with Gasteiger partial charge in [-0.1, -0.05) is 60.7 Å². The third kappa shape index (κ3) is 6.98. The minimum atomic E-state index is -0.147. The molecule has 32 heavy (non-hydrogen) atoms. The van der Waals surface area contributed by atoms with Crippen LogP contribution in [0.2, 0.25) is 0 Å². The first-order chi connectivity index (χ1) is 15.5. The highest BCUT2D eigenvalue weighted by molar-refractivity contribution is 5.88. The molecule has 0 bridgehead atoms. The molecule has 0 aromatic heterocycles. The molecule has 3 aromatic rings. The molecule has 3 aromatic carbocycles. The number of carbonyl (C=O) groups is 2. The minimum Gasteiger partial charge on any atom is -0.494 e. The van der Waals surface area contributed by atoms with Gasteiger partial charge in [0.05, 0.1) is 12.6 Å². The summed E-state index contributed by atoms with van der Waals surface area (Å²) in [5.41, 5.74) is 2.78. The molecule has 1 N–H and O–H groups in total. The Morgan fingerprint density at radius 2 is 1.62 bits per heavy atom. The lowest BCUT2D eigenvalue weighted by molar-refractivity contribution is -0.134. The molecule has 1 atom stereocenters. The fraction of sp³-hybridized carbons (Fsp3) is 0.259. The van der Waals surface area contributed by atoms with E-state index in [9.17, 15) is 9.59 Å². The van der Waals surface area contributed by atoms with Gasteiger partial charge in [-0.25, -0.2) is 0 Å². The highest BCUT2D eigenvalue weighted by Gasteiger charge is 2.22. The maximum Gasteiger partial charge on any atom is 0.223 e. The average Bonchev–Trinajstić information content (AvgIpc) is 2.81. The fourth-order valence-electron chi connectivity index (χ4n) is 3.55. The molecule has 3 rings (SSSR count). The Balaban J connectivity index is 1.69. The predicted octanol–water partition coefficient (Wildman–Crippen LogP) is 5.59. The Morgan fingerprint density at radius 1 is 0.938 bits per heavy atom. The number of para-hydroxylation sites is 1. The van der Waals surface area contributed by atoms with Crippen molar-refractivity contribution in [2.75, 3.05) is 11.9 Å². The van der Waals surface area contributed by atoms with Gasteiger partial charge >= 0.3 is 0 Å². The summed E-state index contributed by atoms with van der Waals surface area (Å²) in [7, 11) is 0. The number of benzene rings is 3. The molecule has 0 radical (unpaired) electrons. The molecule has 166 valence electrons. The standard InChI is InChI=1S/C27H30N2O3/c1-21(24-13-9-14-25(19-24)28-22(2)30)29(20-23-11-5-3-6-12-23)27(31)17-10-18-32-26-15-7-4-8-16-26/h3-9,11-16,19,21H,10,17-18,20H2,1-2H3,(H,28,30). The van der Waals surface area contributed by atoms with Crippen molar-refractivity contribution in [3.05, 3.63) is 96.1 Å². The van der Waals surface area contributed by atoms with Crippen LogP contribution in [0.15, 0.2) is 84.9 Å². The van der Waals surface area contributed by atoms with E-state index in [-0.39, 0.29) is 17.9 Å². The Kier molecular flexibility index (Phi) is 8.44. The smallest absolute Gasteiger partial charge is 0.223 e. The predicted molar refractivity (Wildman–Crippen MR) is 127 cm³/mol. The first kappa shape index (κ1) is 23.1. The van der Waals surface area contributed by atoms with E-state index < -0.39 is 0 Å². The second kappa shape index (κ2) is 11.7. The first-order valence-corrected chi connectivity index (χ1v) is 10.9. The number of carbonyl (C=O) groups excluding carboxylic acids is 2. The molecule has 0 spiro atoms. The third-order valence-corrected chi connectivity index (χ3v) is 5.22. The zero-order valence-corrected chi connectivity index (χ0v) is 18.7. The summed E-state index contributed by atoms with van der Waals surface area (Å²) in [4.78, 5) is 26.6. The molecular formula is C27H30N2O3.